The first-order valence-corrected chi connectivity index (χ1v) is 11.2. The Bertz CT molecular complexity index is 1410. The summed E-state index contributed by atoms with van der Waals surface area (Å²) in [5.41, 5.74) is 1.76. The number of hydrogen-bond donors (Lipinski definition) is 1. The Labute approximate surface area is 198 Å². The number of fused-ring (bicyclic) bond motifs is 1. The average Bonchev–Trinajstić information content (AvgIpc) is 3.37. The van der Waals surface area contributed by atoms with Crippen LogP contribution in [0.3, 0.4) is 0 Å². The van der Waals surface area contributed by atoms with Gasteiger partial charge in [-0.2, -0.15) is 0 Å². The SMILES string of the molecule is COc1ccc2nc(N3C(=O)C(=O)/C(=C(/O)c4ccccc4)[C@@H]3c3ccc(Cl)cc3)sc2c1. The highest BCUT2D eigenvalue weighted by molar-refractivity contribution is 7.22. The molecule has 0 radical (unpaired) electrons. The van der Waals surface area contributed by atoms with Crippen LogP contribution in [0, 0.1) is 0 Å². The van der Waals surface area contributed by atoms with Crippen molar-refractivity contribution >= 4 is 55.7 Å². The summed E-state index contributed by atoms with van der Waals surface area (Å²) in [6.45, 7) is 0. The fourth-order valence-corrected chi connectivity index (χ4v) is 5.01. The molecule has 164 valence electrons. The molecule has 1 N–H and O–H groups in total. The third-order valence-corrected chi connectivity index (χ3v) is 6.74. The number of carbonyl (C=O) groups is 2. The summed E-state index contributed by atoms with van der Waals surface area (Å²) in [5, 5.41) is 12.0. The molecule has 0 aliphatic carbocycles. The van der Waals surface area contributed by atoms with Gasteiger partial charge in [-0.25, -0.2) is 4.98 Å². The molecule has 8 heteroatoms. The monoisotopic (exact) mass is 476 g/mol. The third-order valence-electron chi connectivity index (χ3n) is 5.47. The first-order chi connectivity index (χ1) is 16.0. The van der Waals surface area contributed by atoms with E-state index in [2.05, 4.69) is 4.98 Å². The molecular weight excluding hydrogens is 460 g/mol. The summed E-state index contributed by atoms with van der Waals surface area (Å²) >= 11 is 7.35. The van der Waals surface area contributed by atoms with Gasteiger partial charge >= 0.3 is 5.91 Å². The fraction of sp³-hybridized carbons (Fsp3) is 0.0800. The molecule has 6 nitrogen and oxygen atoms in total. The van der Waals surface area contributed by atoms with Gasteiger partial charge in [-0.15, -0.1) is 0 Å². The molecule has 1 aliphatic rings. The number of nitrogens with zero attached hydrogens (tertiary/aromatic N) is 2. The van der Waals surface area contributed by atoms with Crippen LogP contribution in [0.4, 0.5) is 5.13 Å². The quantitative estimate of drug-likeness (QED) is 0.236. The van der Waals surface area contributed by atoms with Crippen molar-refractivity contribution in [1.29, 1.82) is 0 Å². The van der Waals surface area contributed by atoms with Gasteiger partial charge in [0.05, 0.1) is 28.9 Å². The molecular formula is C25H17ClN2O4S. The molecule has 0 bridgehead atoms. The summed E-state index contributed by atoms with van der Waals surface area (Å²) in [7, 11) is 1.58. The van der Waals surface area contributed by atoms with Crippen molar-refractivity contribution in [2.24, 2.45) is 0 Å². The Morgan fingerprint density at radius 3 is 2.48 bits per heavy atom. The molecule has 1 atom stereocenters. The number of thiazole rings is 1. The van der Waals surface area contributed by atoms with Gasteiger partial charge in [0.2, 0.25) is 0 Å². The zero-order valence-electron chi connectivity index (χ0n) is 17.4. The minimum Gasteiger partial charge on any atom is -0.507 e. The van der Waals surface area contributed by atoms with Gasteiger partial charge in [-0.05, 0) is 35.9 Å². The molecule has 1 saturated heterocycles. The highest BCUT2D eigenvalue weighted by Gasteiger charge is 2.48. The van der Waals surface area contributed by atoms with E-state index in [0.717, 1.165) is 4.70 Å². The van der Waals surface area contributed by atoms with Gasteiger partial charge in [-0.1, -0.05) is 65.4 Å². The molecule has 1 amide bonds. The minimum absolute atomic E-state index is 0.00496. The number of halogens is 1. The van der Waals surface area contributed by atoms with Crippen LogP contribution >= 0.6 is 22.9 Å². The standard InChI is InChI=1S/C25H17ClN2O4S/c1-32-17-11-12-18-19(13-17)33-25(27-18)28-21(14-7-9-16(26)10-8-14)20(23(30)24(28)31)22(29)15-5-3-2-4-6-15/h2-13,21,29H,1H3/b22-20+/t21-/m0/s1. The fourth-order valence-electron chi connectivity index (χ4n) is 3.86. The van der Waals surface area contributed by atoms with E-state index >= 15 is 0 Å². The lowest BCUT2D eigenvalue weighted by Gasteiger charge is -2.23. The van der Waals surface area contributed by atoms with Crippen LogP contribution in [0.15, 0.2) is 78.4 Å². The van der Waals surface area contributed by atoms with Gasteiger partial charge in [0.15, 0.2) is 5.13 Å². The maximum Gasteiger partial charge on any atom is 0.301 e. The van der Waals surface area contributed by atoms with E-state index in [1.54, 1.807) is 73.8 Å². The smallest absolute Gasteiger partial charge is 0.301 e. The predicted octanol–water partition coefficient (Wildman–Crippen LogP) is 5.58. The Morgan fingerprint density at radius 2 is 1.79 bits per heavy atom. The number of rotatable bonds is 4. The third kappa shape index (κ3) is 3.65. The maximum atomic E-state index is 13.2. The van der Waals surface area contributed by atoms with E-state index in [0.29, 0.717) is 32.5 Å². The number of ketones is 1. The van der Waals surface area contributed by atoms with E-state index in [1.165, 1.54) is 16.2 Å². The molecule has 0 unspecified atom stereocenters. The lowest BCUT2D eigenvalue weighted by atomic mass is 9.95. The highest BCUT2D eigenvalue weighted by atomic mass is 35.5. The topological polar surface area (TPSA) is 79.7 Å². The molecule has 1 aliphatic heterocycles. The summed E-state index contributed by atoms with van der Waals surface area (Å²) < 4.78 is 6.10. The van der Waals surface area contributed by atoms with Gasteiger partial charge in [-0.3, -0.25) is 14.5 Å². The second-order valence-electron chi connectivity index (χ2n) is 7.42. The number of aromatic nitrogens is 1. The van der Waals surface area contributed by atoms with Gasteiger partial charge in [0.1, 0.15) is 11.5 Å². The number of anilines is 1. The first-order valence-electron chi connectivity index (χ1n) is 10.0. The maximum absolute atomic E-state index is 13.2. The predicted molar refractivity (Wildman–Crippen MR) is 129 cm³/mol. The van der Waals surface area contributed by atoms with E-state index in [9.17, 15) is 14.7 Å². The number of aliphatic hydroxyl groups excluding tert-OH is 1. The number of aliphatic hydroxyl groups is 1. The molecule has 33 heavy (non-hydrogen) atoms. The van der Waals surface area contributed by atoms with Crippen molar-refractivity contribution in [3.8, 4) is 5.75 Å². The van der Waals surface area contributed by atoms with Crippen molar-refractivity contribution in [2.45, 2.75) is 6.04 Å². The zero-order valence-corrected chi connectivity index (χ0v) is 18.9. The molecule has 1 aromatic heterocycles. The molecule has 5 rings (SSSR count). The van der Waals surface area contributed by atoms with Crippen LogP contribution in [0.1, 0.15) is 17.2 Å². The Balaban J connectivity index is 1.72. The van der Waals surface area contributed by atoms with Crippen LogP contribution in [-0.2, 0) is 9.59 Å². The van der Waals surface area contributed by atoms with Crippen LogP contribution in [0.5, 0.6) is 5.75 Å². The summed E-state index contributed by atoms with van der Waals surface area (Å²) in [5.74, 6) is -1.09. The average molecular weight is 477 g/mol. The zero-order chi connectivity index (χ0) is 23.1. The van der Waals surface area contributed by atoms with Crippen molar-refractivity contribution in [3.63, 3.8) is 0 Å². The lowest BCUT2D eigenvalue weighted by molar-refractivity contribution is -0.132. The normalized spacial score (nSPS) is 17.6. The Hall–Kier alpha value is -3.68. The van der Waals surface area contributed by atoms with E-state index in [4.69, 9.17) is 16.3 Å². The molecule has 1 fully saturated rings. The first kappa shape index (κ1) is 21.2. The Kier molecular flexibility index (Phi) is 5.36. The largest absolute Gasteiger partial charge is 0.507 e. The molecule has 3 aromatic carbocycles. The minimum atomic E-state index is -0.857. The van der Waals surface area contributed by atoms with Crippen LogP contribution in [0.25, 0.3) is 16.0 Å². The van der Waals surface area contributed by atoms with Crippen molar-refractivity contribution in [2.75, 3.05) is 12.0 Å². The highest BCUT2D eigenvalue weighted by Crippen LogP contribution is 2.44. The lowest BCUT2D eigenvalue weighted by Crippen LogP contribution is -2.29. The van der Waals surface area contributed by atoms with Crippen molar-refractivity contribution < 1.29 is 19.4 Å². The number of carbonyl (C=O) groups excluding carboxylic acids is 2. The summed E-state index contributed by atoms with van der Waals surface area (Å²) in [4.78, 5) is 32.4. The molecule has 4 aromatic rings. The van der Waals surface area contributed by atoms with E-state index in [-0.39, 0.29) is 11.3 Å². The number of hydrogen-bond acceptors (Lipinski definition) is 6. The number of amides is 1. The number of ether oxygens (including phenoxy) is 1. The second kappa shape index (κ2) is 8.35. The molecule has 2 heterocycles. The van der Waals surface area contributed by atoms with E-state index in [1.807, 2.05) is 6.07 Å². The van der Waals surface area contributed by atoms with Gasteiger partial charge < -0.3 is 9.84 Å². The molecule has 0 saturated carbocycles. The van der Waals surface area contributed by atoms with Crippen LogP contribution in [0.2, 0.25) is 5.02 Å². The van der Waals surface area contributed by atoms with Gasteiger partial charge in [0, 0.05) is 10.6 Å². The van der Waals surface area contributed by atoms with E-state index < -0.39 is 17.7 Å². The Morgan fingerprint density at radius 1 is 1.06 bits per heavy atom. The van der Waals surface area contributed by atoms with Crippen LogP contribution < -0.4 is 9.64 Å². The number of methoxy groups -OCH3 is 1. The van der Waals surface area contributed by atoms with Crippen molar-refractivity contribution in [1.82, 2.24) is 4.98 Å². The summed E-state index contributed by atoms with van der Waals surface area (Å²) in [6.07, 6.45) is 0. The molecule has 0 spiro atoms. The second-order valence-corrected chi connectivity index (χ2v) is 8.86. The number of Topliss-reactive ketones (excluding diaryl/α,β-unsaturated/α-hetero) is 1. The number of benzene rings is 3. The summed E-state index contributed by atoms with van der Waals surface area (Å²) in [6, 6.07) is 20.1. The van der Waals surface area contributed by atoms with Crippen LogP contribution in [-0.4, -0.2) is 28.9 Å². The van der Waals surface area contributed by atoms with Gasteiger partial charge in [0.25, 0.3) is 5.78 Å². The van der Waals surface area contributed by atoms with Crippen molar-refractivity contribution in [3.05, 3.63) is 94.5 Å².